The SMILES string of the molecule is CCn1c(C(C)NCC(CCO)c2ccccc2)nc2ccccc21. The van der Waals surface area contributed by atoms with Crippen LogP contribution in [0.2, 0.25) is 0 Å². The van der Waals surface area contributed by atoms with Gasteiger partial charge in [0.25, 0.3) is 0 Å². The minimum Gasteiger partial charge on any atom is -0.396 e. The Morgan fingerprint density at radius 1 is 1.08 bits per heavy atom. The van der Waals surface area contributed by atoms with Crippen LogP contribution in [0.3, 0.4) is 0 Å². The molecule has 4 heteroatoms. The first-order valence-corrected chi connectivity index (χ1v) is 9.09. The lowest BCUT2D eigenvalue weighted by molar-refractivity contribution is 0.272. The van der Waals surface area contributed by atoms with E-state index in [-0.39, 0.29) is 12.6 Å². The maximum atomic E-state index is 9.41. The molecule has 4 nitrogen and oxygen atoms in total. The zero-order valence-corrected chi connectivity index (χ0v) is 15.0. The second kappa shape index (κ2) is 8.28. The van der Waals surface area contributed by atoms with Crippen LogP contribution < -0.4 is 5.32 Å². The molecule has 0 radical (unpaired) electrons. The van der Waals surface area contributed by atoms with Gasteiger partial charge in [-0.15, -0.1) is 0 Å². The highest BCUT2D eigenvalue weighted by Crippen LogP contribution is 2.23. The molecule has 0 fully saturated rings. The number of nitrogens with one attached hydrogen (secondary N) is 1. The third kappa shape index (κ3) is 3.91. The van der Waals surface area contributed by atoms with Crippen molar-refractivity contribution in [2.75, 3.05) is 13.2 Å². The average molecular weight is 337 g/mol. The molecule has 0 amide bonds. The van der Waals surface area contributed by atoms with Crippen LogP contribution in [0.1, 0.15) is 43.6 Å². The Kier molecular flexibility index (Phi) is 5.84. The van der Waals surface area contributed by atoms with Gasteiger partial charge in [0.15, 0.2) is 0 Å². The second-order valence-corrected chi connectivity index (χ2v) is 6.45. The summed E-state index contributed by atoms with van der Waals surface area (Å²) in [4.78, 5) is 4.83. The summed E-state index contributed by atoms with van der Waals surface area (Å²) in [7, 11) is 0. The Hall–Kier alpha value is -2.17. The number of nitrogens with zero attached hydrogens (tertiary/aromatic N) is 2. The molecule has 0 aliphatic rings. The maximum absolute atomic E-state index is 9.41. The largest absolute Gasteiger partial charge is 0.396 e. The fraction of sp³-hybridized carbons (Fsp3) is 0.381. The Bertz CT molecular complexity index is 797. The van der Waals surface area contributed by atoms with E-state index in [1.807, 2.05) is 12.1 Å². The van der Waals surface area contributed by atoms with Gasteiger partial charge in [-0.2, -0.15) is 0 Å². The summed E-state index contributed by atoms with van der Waals surface area (Å²) in [6.45, 7) is 6.24. The van der Waals surface area contributed by atoms with Gasteiger partial charge >= 0.3 is 0 Å². The molecule has 0 aliphatic heterocycles. The number of aromatic nitrogens is 2. The van der Waals surface area contributed by atoms with Gasteiger partial charge in [-0.25, -0.2) is 4.98 Å². The lowest BCUT2D eigenvalue weighted by Gasteiger charge is -2.21. The van der Waals surface area contributed by atoms with Crippen molar-refractivity contribution in [3.63, 3.8) is 0 Å². The summed E-state index contributed by atoms with van der Waals surface area (Å²) < 4.78 is 2.27. The van der Waals surface area contributed by atoms with E-state index in [9.17, 15) is 5.11 Å². The molecular formula is C21H27N3O. The zero-order chi connectivity index (χ0) is 17.6. The van der Waals surface area contributed by atoms with Crippen molar-refractivity contribution in [3.8, 4) is 0 Å². The number of fused-ring (bicyclic) bond motifs is 1. The van der Waals surface area contributed by atoms with Crippen molar-refractivity contribution >= 4 is 11.0 Å². The number of benzene rings is 2. The number of aliphatic hydroxyl groups is 1. The fourth-order valence-corrected chi connectivity index (χ4v) is 3.43. The van der Waals surface area contributed by atoms with Crippen LogP contribution in [0.5, 0.6) is 0 Å². The molecule has 0 saturated carbocycles. The fourth-order valence-electron chi connectivity index (χ4n) is 3.43. The van der Waals surface area contributed by atoms with Gasteiger partial charge in [0.1, 0.15) is 5.82 Å². The summed E-state index contributed by atoms with van der Waals surface area (Å²) in [5.74, 6) is 1.37. The number of aryl methyl sites for hydroxylation is 1. The molecule has 2 aromatic carbocycles. The predicted molar refractivity (Wildman–Crippen MR) is 103 cm³/mol. The summed E-state index contributed by atoms with van der Waals surface area (Å²) in [5, 5.41) is 13.0. The lowest BCUT2D eigenvalue weighted by atomic mass is 9.96. The van der Waals surface area contributed by atoms with Crippen LogP contribution in [0.25, 0.3) is 11.0 Å². The summed E-state index contributed by atoms with van der Waals surface area (Å²) in [6, 6.07) is 18.8. The van der Waals surface area contributed by atoms with Gasteiger partial charge in [0.2, 0.25) is 0 Å². The topological polar surface area (TPSA) is 50.1 Å². The van der Waals surface area contributed by atoms with E-state index < -0.39 is 0 Å². The molecule has 0 bridgehead atoms. The molecule has 1 heterocycles. The van der Waals surface area contributed by atoms with Crippen LogP contribution in [-0.2, 0) is 6.54 Å². The van der Waals surface area contributed by atoms with Crippen LogP contribution in [0, 0.1) is 0 Å². The quantitative estimate of drug-likeness (QED) is 0.656. The van der Waals surface area contributed by atoms with Crippen molar-refractivity contribution in [1.29, 1.82) is 0 Å². The Labute approximate surface area is 149 Å². The van der Waals surface area contributed by atoms with Crippen molar-refractivity contribution < 1.29 is 5.11 Å². The highest BCUT2D eigenvalue weighted by molar-refractivity contribution is 5.76. The van der Waals surface area contributed by atoms with Gasteiger partial charge in [0.05, 0.1) is 17.1 Å². The van der Waals surface area contributed by atoms with Gasteiger partial charge in [-0.1, -0.05) is 42.5 Å². The summed E-state index contributed by atoms with van der Waals surface area (Å²) in [6.07, 6.45) is 0.758. The highest BCUT2D eigenvalue weighted by atomic mass is 16.3. The molecular weight excluding hydrogens is 310 g/mol. The summed E-state index contributed by atoms with van der Waals surface area (Å²) >= 11 is 0. The van der Waals surface area contributed by atoms with Gasteiger partial charge < -0.3 is 15.0 Å². The van der Waals surface area contributed by atoms with Crippen LogP contribution >= 0.6 is 0 Å². The lowest BCUT2D eigenvalue weighted by Crippen LogP contribution is -2.27. The molecule has 3 rings (SSSR count). The minimum absolute atomic E-state index is 0.150. The van der Waals surface area contributed by atoms with E-state index in [4.69, 9.17) is 4.98 Å². The van der Waals surface area contributed by atoms with Crippen molar-refractivity contribution in [2.24, 2.45) is 0 Å². The molecule has 132 valence electrons. The number of hydrogen-bond donors (Lipinski definition) is 2. The first kappa shape index (κ1) is 17.6. The zero-order valence-electron chi connectivity index (χ0n) is 15.0. The Morgan fingerprint density at radius 3 is 2.52 bits per heavy atom. The van der Waals surface area contributed by atoms with Crippen molar-refractivity contribution in [1.82, 2.24) is 14.9 Å². The molecule has 1 aromatic heterocycles. The normalized spacial score (nSPS) is 13.9. The highest BCUT2D eigenvalue weighted by Gasteiger charge is 2.17. The number of aliphatic hydroxyl groups excluding tert-OH is 1. The third-order valence-corrected chi connectivity index (χ3v) is 4.81. The molecule has 2 atom stereocenters. The monoisotopic (exact) mass is 337 g/mol. The second-order valence-electron chi connectivity index (χ2n) is 6.45. The van der Waals surface area contributed by atoms with Gasteiger partial charge in [0, 0.05) is 19.7 Å². The van der Waals surface area contributed by atoms with E-state index in [1.165, 1.54) is 11.1 Å². The van der Waals surface area contributed by atoms with E-state index in [0.29, 0.717) is 5.92 Å². The van der Waals surface area contributed by atoms with E-state index in [2.05, 4.69) is 66.2 Å². The van der Waals surface area contributed by atoms with Crippen molar-refractivity contribution in [2.45, 2.75) is 38.8 Å². The van der Waals surface area contributed by atoms with E-state index >= 15 is 0 Å². The first-order valence-electron chi connectivity index (χ1n) is 9.09. The Morgan fingerprint density at radius 2 is 1.80 bits per heavy atom. The molecule has 2 N–H and O–H groups in total. The average Bonchev–Trinajstić information content (AvgIpc) is 3.04. The predicted octanol–water partition coefficient (Wildman–Crippen LogP) is 3.87. The minimum atomic E-state index is 0.150. The Balaban J connectivity index is 1.76. The molecule has 2 unspecified atom stereocenters. The van der Waals surface area contributed by atoms with Crippen LogP contribution in [0.4, 0.5) is 0 Å². The molecule has 25 heavy (non-hydrogen) atoms. The number of imidazole rings is 1. The van der Waals surface area contributed by atoms with E-state index in [1.54, 1.807) is 0 Å². The standard InChI is InChI=1S/C21H27N3O/c1-3-24-20-12-8-7-11-19(20)23-21(24)16(2)22-15-18(13-14-25)17-9-5-4-6-10-17/h4-12,16,18,22,25H,3,13-15H2,1-2H3. The number of rotatable bonds is 8. The van der Waals surface area contributed by atoms with Crippen molar-refractivity contribution in [3.05, 3.63) is 66.0 Å². The molecule has 0 saturated heterocycles. The third-order valence-electron chi connectivity index (χ3n) is 4.81. The molecule has 0 spiro atoms. The van der Waals surface area contributed by atoms with Crippen LogP contribution in [-0.4, -0.2) is 27.8 Å². The van der Waals surface area contributed by atoms with Gasteiger partial charge in [-0.05, 0) is 43.9 Å². The van der Waals surface area contributed by atoms with Gasteiger partial charge in [-0.3, -0.25) is 0 Å². The molecule has 3 aromatic rings. The number of para-hydroxylation sites is 2. The van der Waals surface area contributed by atoms with E-state index in [0.717, 1.165) is 30.9 Å². The smallest absolute Gasteiger partial charge is 0.126 e. The maximum Gasteiger partial charge on any atom is 0.126 e. The first-order chi connectivity index (χ1) is 12.2. The number of hydrogen-bond acceptors (Lipinski definition) is 3. The van der Waals surface area contributed by atoms with Crippen LogP contribution in [0.15, 0.2) is 54.6 Å². The summed E-state index contributed by atoms with van der Waals surface area (Å²) in [5.41, 5.74) is 3.49. The molecule has 0 aliphatic carbocycles.